The van der Waals surface area contributed by atoms with Crippen LogP contribution in [0.3, 0.4) is 0 Å². The summed E-state index contributed by atoms with van der Waals surface area (Å²) in [5.41, 5.74) is 1.48. The van der Waals surface area contributed by atoms with Crippen molar-refractivity contribution in [3.8, 4) is 5.75 Å². The van der Waals surface area contributed by atoms with Gasteiger partial charge in [0.25, 0.3) is 5.78 Å². The van der Waals surface area contributed by atoms with Gasteiger partial charge in [0.1, 0.15) is 11.3 Å². The summed E-state index contributed by atoms with van der Waals surface area (Å²) in [6, 6.07) is 5.52. The zero-order valence-corrected chi connectivity index (χ0v) is 11.3. The van der Waals surface area contributed by atoms with Crippen molar-refractivity contribution in [3.63, 3.8) is 0 Å². The van der Waals surface area contributed by atoms with E-state index in [-0.39, 0.29) is 5.78 Å². The minimum Gasteiger partial charge on any atom is -0.497 e. The van der Waals surface area contributed by atoms with Gasteiger partial charge < -0.3 is 9.15 Å². The normalized spacial score (nSPS) is 10.8. The van der Waals surface area contributed by atoms with E-state index in [1.807, 2.05) is 19.1 Å². The lowest BCUT2D eigenvalue weighted by Gasteiger charge is -1.97. The Bertz CT molecular complexity index is 743. The van der Waals surface area contributed by atoms with Gasteiger partial charge in [0.2, 0.25) is 0 Å². The number of fused-ring (bicyclic) bond motifs is 1. The summed E-state index contributed by atoms with van der Waals surface area (Å²) in [5, 5.41) is 3.13. The molecule has 0 amide bonds. The zero-order chi connectivity index (χ0) is 13.4. The summed E-state index contributed by atoms with van der Waals surface area (Å²) in [5.74, 6) is 0.871. The minimum absolute atomic E-state index is 0.178. The molecule has 0 N–H and O–H groups in total. The monoisotopic (exact) mass is 273 g/mol. The summed E-state index contributed by atoms with van der Waals surface area (Å²) in [4.78, 5) is 16.3. The number of nitrogens with zero attached hydrogens (tertiary/aromatic N) is 1. The molecule has 5 heteroatoms. The summed E-state index contributed by atoms with van der Waals surface area (Å²) in [6.07, 6.45) is 1.61. The number of furan rings is 1. The number of rotatable bonds is 3. The molecule has 0 aliphatic heterocycles. The highest BCUT2D eigenvalue weighted by molar-refractivity contribution is 7.11. The number of carbonyl (C=O) groups excluding carboxylic acids is 1. The lowest BCUT2D eigenvalue weighted by Crippen LogP contribution is -2.00. The van der Waals surface area contributed by atoms with Crippen molar-refractivity contribution in [1.82, 2.24) is 4.98 Å². The van der Waals surface area contributed by atoms with Gasteiger partial charge in [0, 0.05) is 28.6 Å². The first-order chi connectivity index (χ1) is 9.20. The Hall–Kier alpha value is -2.14. The topological polar surface area (TPSA) is 52.3 Å². The van der Waals surface area contributed by atoms with Crippen LogP contribution in [0.2, 0.25) is 0 Å². The summed E-state index contributed by atoms with van der Waals surface area (Å²) >= 11 is 1.31. The van der Waals surface area contributed by atoms with E-state index in [1.54, 1.807) is 24.8 Å². The number of hydrogen-bond acceptors (Lipinski definition) is 5. The molecule has 2 aromatic heterocycles. The number of hydrogen-bond donors (Lipinski definition) is 0. The average molecular weight is 273 g/mol. The third-order valence-electron chi connectivity index (χ3n) is 2.98. The van der Waals surface area contributed by atoms with E-state index in [4.69, 9.17) is 9.15 Å². The minimum atomic E-state index is -0.178. The Balaban J connectivity index is 2.14. The first kappa shape index (κ1) is 11.9. The molecular weight excluding hydrogens is 262 g/mol. The molecule has 0 spiro atoms. The van der Waals surface area contributed by atoms with E-state index < -0.39 is 0 Å². The number of benzene rings is 1. The van der Waals surface area contributed by atoms with E-state index >= 15 is 0 Å². The van der Waals surface area contributed by atoms with Gasteiger partial charge in [-0.3, -0.25) is 4.79 Å². The van der Waals surface area contributed by atoms with E-state index in [2.05, 4.69) is 4.98 Å². The third-order valence-corrected chi connectivity index (χ3v) is 3.75. The lowest BCUT2D eigenvalue weighted by molar-refractivity contribution is 0.101. The van der Waals surface area contributed by atoms with Gasteiger partial charge in [-0.2, -0.15) is 0 Å². The standard InChI is InChI=1S/C14H11NO3S/c1-8-10-4-3-9(17-2)7-11(10)18-13(8)12(16)14-15-5-6-19-14/h3-7H,1-2H3. The Morgan fingerprint density at radius 3 is 2.95 bits per heavy atom. The van der Waals surface area contributed by atoms with Gasteiger partial charge in [-0.1, -0.05) is 0 Å². The second kappa shape index (κ2) is 4.51. The molecule has 0 fully saturated rings. The molecular formula is C14H11NO3S. The van der Waals surface area contributed by atoms with Crippen LogP contribution in [0, 0.1) is 6.92 Å². The van der Waals surface area contributed by atoms with Gasteiger partial charge in [0.05, 0.1) is 7.11 Å². The number of ether oxygens (including phenoxy) is 1. The predicted octanol–water partition coefficient (Wildman–Crippen LogP) is 3.44. The molecule has 0 unspecified atom stereocenters. The van der Waals surface area contributed by atoms with Crippen molar-refractivity contribution >= 4 is 28.1 Å². The molecule has 0 bridgehead atoms. The molecule has 0 atom stereocenters. The van der Waals surface area contributed by atoms with Crippen LogP contribution in [0.5, 0.6) is 5.75 Å². The van der Waals surface area contributed by atoms with Crippen molar-refractivity contribution in [1.29, 1.82) is 0 Å². The molecule has 3 rings (SSSR count). The van der Waals surface area contributed by atoms with Crippen LogP contribution in [-0.4, -0.2) is 17.9 Å². The smallest absolute Gasteiger partial charge is 0.256 e. The number of carbonyl (C=O) groups is 1. The fourth-order valence-electron chi connectivity index (χ4n) is 1.98. The van der Waals surface area contributed by atoms with E-state index in [0.717, 1.165) is 10.9 Å². The van der Waals surface area contributed by atoms with Crippen molar-refractivity contribution in [2.24, 2.45) is 0 Å². The molecule has 0 aliphatic carbocycles. The van der Waals surface area contributed by atoms with Gasteiger partial charge in [-0.05, 0) is 19.1 Å². The van der Waals surface area contributed by atoms with Gasteiger partial charge in [-0.25, -0.2) is 4.98 Å². The summed E-state index contributed by atoms with van der Waals surface area (Å²) < 4.78 is 10.8. The molecule has 19 heavy (non-hydrogen) atoms. The van der Waals surface area contributed by atoms with Crippen LogP contribution in [0.1, 0.15) is 21.1 Å². The van der Waals surface area contributed by atoms with Crippen LogP contribution in [0.4, 0.5) is 0 Å². The average Bonchev–Trinajstić information content (AvgIpc) is 3.06. The fourth-order valence-corrected chi connectivity index (χ4v) is 2.55. The molecule has 0 saturated carbocycles. The van der Waals surface area contributed by atoms with Crippen LogP contribution >= 0.6 is 11.3 Å². The van der Waals surface area contributed by atoms with Crippen LogP contribution in [-0.2, 0) is 0 Å². The summed E-state index contributed by atoms with van der Waals surface area (Å²) in [6.45, 7) is 1.87. The molecule has 0 aliphatic rings. The Morgan fingerprint density at radius 2 is 2.26 bits per heavy atom. The van der Waals surface area contributed by atoms with Crippen molar-refractivity contribution in [2.75, 3.05) is 7.11 Å². The molecule has 1 aromatic carbocycles. The zero-order valence-electron chi connectivity index (χ0n) is 10.5. The number of methoxy groups -OCH3 is 1. The van der Waals surface area contributed by atoms with Gasteiger partial charge >= 0.3 is 0 Å². The van der Waals surface area contributed by atoms with Gasteiger partial charge in [-0.15, -0.1) is 11.3 Å². The van der Waals surface area contributed by atoms with Crippen LogP contribution in [0.25, 0.3) is 11.0 Å². The highest BCUT2D eigenvalue weighted by atomic mass is 32.1. The Morgan fingerprint density at radius 1 is 1.42 bits per heavy atom. The number of thiazole rings is 1. The van der Waals surface area contributed by atoms with Crippen molar-refractivity contribution in [2.45, 2.75) is 6.92 Å². The lowest BCUT2D eigenvalue weighted by atomic mass is 10.1. The Labute approximate surface area is 113 Å². The summed E-state index contributed by atoms with van der Waals surface area (Å²) in [7, 11) is 1.60. The van der Waals surface area contributed by atoms with E-state index in [1.165, 1.54) is 11.3 Å². The molecule has 2 heterocycles. The van der Waals surface area contributed by atoms with E-state index in [0.29, 0.717) is 22.1 Å². The number of aromatic nitrogens is 1. The second-order valence-corrected chi connectivity index (χ2v) is 4.98. The highest BCUT2D eigenvalue weighted by Gasteiger charge is 2.21. The van der Waals surface area contributed by atoms with Crippen molar-refractivity contribution in [3.05, 3.63) is 46.1 Å². The maximum atomic E-state index is 12.3. The SMILES string of the molecule is COc1ccc2c(C)c(C(=O)c3nccs3)oc2c1. The first-order valence-corrected chi connectivity index (χ1v) is 6.60. The Kier molecular flexibility index (Phi) is 2.83. The number of ketones is 1. The highest BCUT2D eigenvalue weighted by Crippen LogP contribution is 2.30. The maximum absolute atomic E-state index is 12.3. The van der Waals surface area contributed by atoms with E-state index in [9.17, 15) is 4.79 Å². The number of aryl methyl sites for hydroxylation is 1. The molecule has 3 aromatic rings. The largest absolute Gasteiger partial charge is 0.497 e. The van der Waals surface area contributed by atoms with Gasteiger partial charge in [0.15, 0.2) is 10.8 Å². The van der Waals surface area contributed by atoms with Crippen LogP contribution < -0.4 is 4.74 Å². The first-order valence-electron chi connectivity index (χ1n) is 5.72. The predicted molar refractivity (Wildman–Crippen MR) is 73.0 cm³/mol. The maximum Gasteiger partial charge on any atom is 0.256 e. The fraction of sp³-hybridized carbons (Fsp3) is 0.143. The molecule has 0 saturated heterocycles. The molecule has 96 valence electrons. The molecule has 0 radical (unpaired) electrons. The van der Waals surface area contributed by atoms with Crippen molar-refractivity contribution < 1.29 is 13.9 Å². The quantitative estimate of drug-likeness (QED) is 0.686. The van der Waals surface area contributed by atoms with Crippen LogP contribution in [0.15, 0.2) is 34.2 Å². The molecule has 4 nitrogen and oxygen atoms in total. The second-order valence-electron chi connectivity index (χ2n) is 4.08. The third kappa shape index (κ3) is 1.92.